The highest BCUT2D eigenvalue weighted by Gasteiger charge is 2.52. The number of likely N-dealkylation sites (tertiary alicyclic amines) is 1. The minimum atomic E-state index is -2.67. The number of rotatable bonds is 3. The summed E-state index contributed by atoms with van der Waals surface area (Å²) in [6, 6.07) is 5.29. The minimum Gasteiger partial charge on any atom is -0.399 e. The van der Waals surface area contributed by atoms with Gasteiger partial charge in [0.2, 0.25) is 5.91 Å². The topological polar surface area (TPSA) is 38.8 Å². The van der Waals surface area contributed by atoms with E-state index in [9.17, 15) is 13.6 Å². The maximum atomic E-state index is 13.3. The molecule has 1 aromatic rings. The molecule has 3 rings (SSSR count). The maximum Gasteiger partial charge on any atom is 0.496 e. The van der Waals surface area contributed by atoms with Gasteiger partial charge in [0.1, 0.15) is 0 Å². The van der Waals surface area contributed by atoms with Crippen LogP contribution in [-0.4, -0.2) is 48.1 Å². The Labute approximate surface area is 164 Å². The molecule has 2 aliphatic rings. The lowest BCUT2D eigenvalue weighted by Crippen LogP contribution is -2.43. The summed E-state index contributed by atoms with van der Waals surface area (Å²) < 4.78 is 38.7. The molecule has 0 unspecified atom stereocenters. The van der Waals surface area contributed by atoms with Crippen LogP contribution in [0.2, 0.25) is 5.02 Å². The molecule has 0 spiro atoms. The molecular weight excluding hydrogens is 374 g/mol. The van der Waals surface area contributed by atoms with Gasteiger partial charge in [-0.05, 0) is 39.3 Å². The Bertz CT molecular complexity index is 716. The van der Waals surface area contributed by atoms with Crippen molar-refractivity contribution in [2.75, 3.05) is 13.1 Å². The molecule has 4 nitrogen and oxygen atoms in total. The summed E-state index contributed by atoms with van der Waals surface area (Å²) in [6.07, 6.45) is -0.424. The molecule has 0 aliphatic carbocycles. The smallest absolute Gasteiger partial charge is 0.399 e. The van der Waals surface area contributed by atoms with Crippen molar-refractivity contribution >= 4 is 30.1 Å². The maximum absolute atomic E-state index is 13.3. The number of hydrogen-bond donors (Lipinski definition) is 0. The predicted molar refractivity (Wildman–Crippen MR) is 102 cm³/mol. The Balaban J connectivity index is 1.72. The van der Waals surface area contributed by atoms with E-state index in [1.54, 1.807) is 18.2 Å². The molecular formula is C19H25BClF2NO3. The molecule has 2 fully saturated rings. The third-order valence-corrected chi connectivity index (χ3v) is 6.11. The average molecular weight is 400 g/mol. The number of alkyl halides is 2. The van der Waals surface area contributed by atoms with Crippen LogP contribution in [-0.2, 0) is 20.5 Å². The summed E-state index contributed by atoms with van der Waals surface area (Å²) in [5.41, 5.74) is 0.440. The van der Waals surface area contributed by atoms with Gasteiger partial charge in [-0.15, -0.1) is 0 Å². The number of piperidine rings is 1. The van der Waals surface area contributed by atoms with Gasteiger partial charge in [0.05, 0.1) is 17.6 Å². The largest absolute Gasteiger partial charge is 0.496 e. The Kier molecular flexibility index (Phi) is 5.34. The summed E-state index contributed by atoms with van der Waals surface area (Å²) >= 11 is 6.34. The first-order chi connectivity index (χ1) is 12.4. The fraction of sp³-hybridized carbons (Fsp3) is 0.632. The second-order valence-electron chi connectivity index (χ2n) is 8.36. The Hall–Kier alpha value is -1.18. The molecule has 27 heavy (non-hydrogen) atoms. The standard InChI is InChI=1S/C19H25BClF2NO3/c1-17(2)18(3,4)27-20(26-17)14-11-13(5-6-15(14)21)12-16(25)24-9-7-19(22,23)8-10-24/h5-6,11H,7-10,12H2,1-4H3. The quantitative estimate of drug-likeness (QED) is 0.731. The number of hydrogen-bond acceptors (Lipinski definition) is 3. The molecule has 0 N–H and O–H groups in total. The highest BCUT2D eigenvalue weighted by Crippen LogP contribution is 2.37. The molecule has 2 saturated heterocycles. The van der Waals surface area contributed by atoms with E-state index >= 15 is 0 Å². The molecule has 0 saturated carbocycles. The molecule has 1 aromatic carbocycles. The zero-order valence-electron chi connectivity index (χ0n) is 16.2. The third kappa shape index (κ3) is 4.30. The van der Waals surface area contributed by atoms with E-state index < -0.39 is 24.2 Å². The first-order valence-corrected chi connectivity index (χ1v) is 9.58. The summed E-state index contributed by atoms with van der Waals surface area (Å²) in [6.45, 7) is 8.01. The number of carbonyl (C=O) groups excluding carboxylic acids is 1. The van der Waals surface area contributed by atoms with Crippen LogP contribution in [0.4, 0.5) is 8.78 Å². The van der Waals surface area contributed by atoms with Crippen LogP contribution in [0, 0.1) is 0 Å². The Morgan fingerprint density at radius 3 is 2.26 bits per heavy atom. The number of amides is 1. The lowest BCUT2D eigenvalue weighted by Gasteiger charge is -2.32. The van der Waals surface area contributed by atoms with E-state index in [0.29, 0.717) is 10.5 Å². The summed E-state index contributed by atoms with van der Waals surface area (Å²) in [7, 11) is -0.619. The molecule has 2 heterocycles. The fourth-order valence-electron chi connectivity index (χ4n) is 3.22. The van der Waals surface area contributed by atoms with Crippen LogP contribution in [0.1, 0.15) is 46.1 Å². The van der Waals surface area contributed by atoms with Gasteiger partial charge in [0.25, 0.3) is 5.92 Å². The van der Waals surface area contributed by atoms with Crippen LogP contribution in [0.25, 0.3) is 0 Å². The van der Waals surface area contributed by atoms with Gasteiger partial charge in [-0.2, -0.15) is 0 Å². The number of carbonyl (C=O) groups is 1. The van der Waals surface area contributed by atoms with Gasteiger partial charge in [0, 0.05) is 36.4 Å². The normalized spacial score (nSPS) is 23.5. The summed E-state index contributed by atoms with van der Waals surface area (Å²) in [5, 5.41) is 0.502. The molecule has 0 atom stereocenters. The van der Waals surface area contributed by atoms with Crippen molar-refractivity contribution in [2.45, 2.75) is 64.1 Å². The minimum absolute atomic E-state index is 0.0868. The zero-order chi connectivity index (χ0) is 20.0. The molecule has 0 bridgehead atoms. The number of nitrogens with zero attached hydrogens (tertiary/aromatic N) is 1. The molecule has 0 aromatic heterocycles. The lowest BCUT2D eigenvalue weighted by atomic mass is 9.78. The summed E-state index contributed by atoms with van der Waals surface area (Å²) in [5.74, 6) is -2.83. The molecule has 0 radical (unpaired) electrons. The van der Waals surface area contributed by atoms with Crippen molar-refractivity contribution in [3.8, 4) is 0 Å². The second-order valence-corrected chi connectivity index (χ2v) is 8.76. The average Bonchev–Trinajstić information content (AvgIpc) is 2.77. The van der Waals surface area contributed by atoms with Gasteiger partial charge in [-0.1, -0.05) is 23.7 Å². The fourth-order valence-corrected chi connectivity index (χ4v) is 3.43. The van der Waals surface area contributed by atoms with Gasteiger partial charge in [-0.25, -0.2) is 8.78 Å². The SMILES string of the molecule is CC1(C)OB(c2cc(CC(=O)N3CCC(F)(F)CC3)ccc2Cl)OC1(C)C. The predicted octanol–water partition coefficient (Wildman–Crippen LogP) is 3.44. The van der Waals surface area contributed by atoms with Crippen LogP contribution in [0.5, 0.6) is 0 Å². The first-order valence-electron chi connectivity index (χ1n) is 9.20. The van der Waals surface area contributed by atoms with Crippen molar-refractivity contribution in [1.82, 2.24) is 4.90 Å². The first kappa shape index (κ1) is 20.6. The van der Waals surface area contributed by atoms with Gasteiger partial charge >= 0.3 is 7.12 Å². The monoisotopic (exact) mass is 399 g/mol. The van der Waals surface area contributed by atoms with Crippen molar-refractivity contribution < 1.29 is 22.9 Å². The van der Waals surface area contributed by atoms with Crippen LogP contribution >= 0.6 is 11.6 Å². The van der Waals surface area contributed by atoms with E-state index in [0.717, 1.165) is 5.56 Å². The van der Waals surface area contributed by atoms with Crippen LogP contribution in [0.15, 0.2) is 18.2 Å². The van der Waals surface area contributed by atoms with Crippen molar-refractivity contribution in [3.05, 3.63) is 28.8 Å². The number of halogens is 3. The van der Waals surface area contributed by atoms with Crippen molar-refractivity contribution in [3.63, 3.8) is 0 Å². The number of benzene rings is 1. The summed E-state index contributed by atoms with van der Waals surface area (Å²) in [4.78, 5) is 14.0. The Morgan fingerprint density at radius 2 is 1.70 bits per heavy atom. The van der Waals surface area contributed by atoms with Crippen LogP contribution in [0.3, 0.4) is 0 Å². The van der Waals surface area contributed by atoms with Crippen molar-refractivity contribution in [1.29, 1.82) is 0 Å². The second kappa shape index (κ2) is 7.01. The molecule has 2 aliphatic heterocycles. The molecule has 148 valence electrons. The highest BCUT2D eigenvalue weighted by atomic mass is 35.5. The van der Waals surface area contributed by atoms with E-state index in [-0.39, 0.29) is 38.3 Å². The van der Waals surface area contributed by atoms with Crippen molar-refractivity contribution in [2.24, 2.45) is 0 Å². The van der Waals surface area contributed by atoms with E-state index in [1.165, 1.54) is 4.90 Å². The van der Waals surface area contributed by atoms with Gasteiger partial charge < -0.3 is 14.2 Å². The van der Waals surface area contributed by atoms with E-state index in [1.807, 2.05) is 27.7 Å². The zero-order valence-corrected chi connectivity index (χ0v) is 16.9. The van der Waals surface area contributed by atoms with Gasteiger partial charge in [0.15, 0.2) is 0 Å². The lowest BCUT2D eigenvalue weighted by molar-refractivity contribution is -0.136. The van der Waals surface area contributed by atoms with E-state index in [4.69, 9.17) is 20.9 Å². The third-order valence-electron chi connectivity index (χ3n) is 5.77. The van der Waals surface area contributed by atoms with Gasteiger partial charge in [-0.3, -0.25) is 4.79 Å². The molecule has 1 amide bonds. The van der Waals surface area contributed by atoms with E-state index in [2.05, 4.69) is 0 Å². The van der Waals surface area contributed by atoms with Crippen LogP contribution < -0.4 is 5.46 Å². The molecule has 8 heteroatoms. The highest BCUT2D eigenvalue weighted by molar-refractivity contribution is 6.65. The Morgan fingerprint density at radius 1 is 1.15 bits per heavy atom.